The van der Waals surface area contributed by atoms with Gasteiger partial charge >= 0.3 is 7.75 Å². The number of nitrogens with one attached hydrogen (secondary N) is 2. The molecule has 0 amide bonds. The number of anilines is 1. The Bertz CT molecular complexity index is 727. The van der Waals surface area contributed by atoms with Crippen molar-refractivity contribution in [2.75, 3.05) is 26.0 Å². The van der Waals surface area contributed by atoms with E-state index in [1.807, 2.05) is 0 Å². The summed E-state index contributed by atoms with van der Waals surface area (Å²) in [6, 6.07) is 0. The van der Waals surface area contributed by atoms with E-state index in [2.05, 4.69) is 24.6 Å². The van der Waals surface area contributed by atoms with Crippen LogP contribution in [-0.2, 0) is 20.6 Å². The number of hydrogen-bond donors (Lipinski definition) is 4. The number of rotatable bonds is 7. The minimum atomic E-state index is -3.75. The van der Waals surface area contributed by atoms with Crippen molar-refractivity contribution >= 4 is 24.9 Å². The van der Waals surface area contributed by atoms with E-state index < -0.39 is 13.3 Å². The Balaban J connectivity index is 1.93. The molecule has 0 spiro atoms. The third kappa shape index (κ3) is 3.86. The lowest BCUT2D eigenvalue weighted by Gasteiger charge is -2.10. The zero-order valence-corrected chi connectivity index (χ0v) is 12.0. The summed E-state index contributed by atoms with van der Waals surface area (Å²) >= 11 is 0. The summed E-state index contributed by atoms with van der Waals surface area (Å²) < 4.78 is 22.5. The number of imidazole rings is 1. The number of fused-ring (bicyclic) bond motifs is 1. The number of nitrogens with zero attached hydrogens (tertiary/aromatic N) is 3. The van der Waals surface area contributed by atoms with Crippen LogP contribution in [0.15, 0.2) is 11.1 Å². The molecule has 0 aliphatic heterocycles. The van der Waals surface area contributed by atoms with Crippen LogP contribution in [0.25, 0.3) is 11.2 Å². The van der Waals surface area contributed by atoms with Gasteiger partial charge in [0, 0.05) is 0 Å². The smallest absolute Gasteiger partial charge is 0.369 e. The molecule has 11 nitrogen and oxygen atoms in total. The largest absolute Gasteiger partial charge is 0.402 e. The van der Waals surface area contributed by atoms with Crippen LogP contribution in [0.2, 0.25) is 0 Å². The van der Waals surface area contributed by atoms with Gasteiger partial charge in [-0.25, -0.2) is 14.6 Å². The fraction of sp³-hybridized carbons (Fsp3) is 0.444. The Morgan fingerprint density at radius 2 is 2.33 bits per heavy atom. The SMILES string of the molecule is CNP(=O)(O)OCCOCn1cnc2c(=O)[nH]c(N)nc21. The molecule has 0 aliphatic rings. The second-order valence-corrected chi connectivity index (χ2v) is 5.70. The van der Waals surface area contributed by atoms with Crippen LogP contribution < -0.4 is 16.4 Å². The highest BCUT2D eigenvalue weighted by Gasteiger charge is 2.15. The zero-order valence-electron chi connectivity index (χ0n) is 11.1. The molecular formula is C9H15N6O5P. The zero-order chi connectivity index (χ0) is 15.5. The molecule has 116 valence electrons. The van der Waals surface area contributed by atoms with Crippen molar-refractivity contribution < 1.29 is 18.7 Å². The van der Waals surface area contributed by atoms with Crippen LogP contribution in [-0.4, -0.2) is 44.7 Å². The van der Waals surface area contributed by atoms with Crippen LogP contribution in [0.4, 0.5) is 5.95 Å². The van der Waals surface area contributed by atoms with Crippen molar-refractivity contribution in [3.63, 3.8) is 0 Å². The highest BCUT2D eigenvalue weighted by Crippen LogP contribution is 2.34. The fourth-order valence-corrected chi connectivity index (χ4v) is 1.96. The highest BCUT2D eigenvalue weighted by atomic mass is 31.2. The molecule has 0 fully saturated rings. The molecule has 0 aromatic carbocycles. The van der Waals surface area contributed by atoms with Crippen LogP contribution in [0.3, 0.4) is 0 Å². The quantitative estimate of drug-likeness (QED) is 0.371. The van der Waals surface area contributed by atoms with E-state index in [0.717, 1.165) is 0 Å². The number of nitrogens with two attached hydrogens (primary N) is 1. The summed E-state index contributed by atoms with van der Waals surface area (Å²) in [5.41, 5.74) is 5.47. The summed E-state index contributed by atoms with van der Waals surface area (Å²) in [5.74, 6) is -0.0205. The van der Waals surface area contributed by atoms with E-state index in [9.17, 15) is 9.36 Å². The molecule has 0 aliphatic carbocycles. The summed E-state index contributed by atoms with van der Waals surface area (Å²) in [7, 11) is -2.44. The van der Waals surface area contributed by atoms with Gasteiger partial charge in [-0.1, -0.05) is 0 Å². The molecule has 2 heterocycles. The summed E-state index contributed by atoms with van der Waals surface area (Å²) in [6.07, 6.45) is 1.39. The van der Waals surface area contributed by atoms with Crippen molar-refractivity contribution in [2.45, 2.75) is 6.73 Å². The van der Waals surface area contributed by atoms with Crippen LogP contribution in [0.1, 0.15) is 0 Å². The molecule has 0 saturated carbocycles. The second kappa shape index (κ2) is 6.33. The van der Waals surface area contributed by atoms with Crippen molar-refractivity contribution in [3.8, 4) is 0 Å². The maximum atomic E-state index is 11.6. The minimum absolute atomic E-state index is 0.0205. The Morgan fingerprint density at radius 1 is 1.57 bits per heavy atom. The molecule has 0 bridgehead atoms. The highest BCUT2D eigenvalue weighted by molar-refractivity contribution is 7.50. The number of aromatic nitrogens is 4. The van der Waals surface area contributed by atoms with Crippen molar-refractivity contribution in [1.29, 1.82) is 0 Å². The molecule has 12 heteroatoms. The lowest BCUT2D eigenvalue weighted by molar-refractivity contribution is 0.0523. The topological polar surface area (TPSA) is 157 Å². The van der Waals surface area contributed by atoms with Crippen molar-refractivity contribution in [1.82, 2.24) is 24.6 Å². The van der Waals surface area contributed by atoms with Gasteiger partial charge in [0.05, 0.1) is 19.5 Å². The summed E-state index contributed by atoms with van der Waals surface area (Å²) in [6.45, 7) is 0.0486. The average Bonchev–Trinajstić information content (AvgIpc) is 2.82. The van der Waals surface area contributed by atoms with Gasteiger partial charge in [0.15, 0.2) is 11.2 Å². The van der Waals surface area contributed by atoms with E-state index >= 15 is 0 Å². The molecule has 0 saturated heterocycles. The molecule has 1 atom stereocenters. The molecule has 2 aromatic rings. The molecule has 2 rings (SSSR count). The summed E-state index contributed by atoms with van der Waals surface area (Å²) in [5, 5.41) is 2.14. The van der Waals surface area contributed by atoms with Gasteiger partial charge in [-0.05, 0) is 7.05 Å². The maximum absolute atomic E-state index is 11.6. The van der Waals surface area contributed by atoms with Crippen molar-refractivity contribution in [2.24, 2.45) is 0 Å². The Hall–Kier alpha value is -1.78. The number of hydrogen-bond acceptors (Lipinski definition) is 7. The first-order valence-electron chi connectivity index (χ1n) is 5.87. The molecule has 21 heavy (non-hydrogen) atoms. The first-order chi connectivity index (χ1) is 9.93. The first kappa shape index (κ1) is 15.6. The van der Waals surface area contributed by atoms with Crippen LogP contribution >= 0.6 is 7.75 Å². The lowest BCUT2D eigenvalue weighted by Crippen LogP contribution is -2.13. The predicted molar refractivity (Wildman–Crippen MR) is 73.4 cm³/mol. The summed E-state index contributed by atoms with van der Waals surface area (Å²) in [4.78, 5) is 30.9. The molecule has 5 N–H and O–H groups in total. The minimum Gasteiger partial charge on any atom is -0.369 e. The molecule has 0 radical (unpaired) electrons. The van der Waals surface area contributed by atoms with Gasteiger partial charge in [0.1, 0.15) is 6.73 Å². The third-order valence-electron chi connectivity index (χ3n) is 2.50. The molecule has 1 unspecified atom stereocenters. The predicted octanol–water partition coefficient (Wildman–Crippen LogP) is -0.988. The molecular weight excluding hydrogens is 303 g/mol. The average molecular weight is 318 g/mol. The standard InChI is InChI=1S/C9H15N6O5P/c1-11-21(17,18)20-3-2-19-5-15-4-12-6-7(15)13-9(10)14-8(6)16/h4H,2-3,5H2,1H3,(H2,11,17,18)(H3,10,13,14,16). The van der Waals surface area contributed by atoms with E-state index in [1.165, 1.54) is 17.9 Å². The fourth-order valence-electron chi connectivity index (χ4n) is 1.51. The van der Waals surface area contributed by atoms with Gasteiger partial charge in [-0.2, -0.15) is 4.98 Å². The first-order valence-corrected chi connectivity index (χ1v) is 7.45. The van der Waals surface area contributed by atoms with Gasteiger partial charge in [-0.15, -0.1) is 0 Å². The van der Waals surface area contributed by atoms with Gasteiger partial charge in [-0.3, -0.25) is 18.9 Å². The number of H-pyrrole nitrogens is 1. The number of nitrogen functional groups attached to an aromatic ring is 1. The van der Waals surface area contributed by atoms with E-state index in [4.69, 9.17) is 15.4 Å². The van der Waals surface area contributed by atoms with Gasteiger partial charge < -0.3 is 15.4 Å². The maximum Gasteiger partial charge on any atom is 0.402 e. The van der Waals surface area contributed by atoms with Crippen LogP contribution in [0, 0.1) is 0 Å². The van der Waals surface area contributed by atoms with Crippen molar-refractivity contribution in [3.05, 3.63) is 16.7 Å². The lowest BCUT2D eigenvalue weighted by atomic mass is 10.5. The van der Waals surface area contributed by atoms with E-state index in [1.54, 1.807) is 0 Å². The monoisotopic (exact) mass is 318 g/mol. The molecule has 2 aromatic heterocycles. The number of ether oxygens (including phenoxy) is 1. The van der Waals surface area contributed by atoms with Gasteiger partial charge in [0.25, 0.3) is 5.56 Å². The number of aromatic amines is 1. The Labute approximate surface area is 118 Å². The Morgan fingerprint density at radius 3 is 3.05 bits per heavy atom. The van der Waals surface area contributed by atoms with E-state index in [-0.39, 0.29) is 31.4 Å². The second-order valence-electron chi connectivity index (χ2n) is 3.95. The third-order valence-corrected chi connectivity index (χ3v) is 3.60. The Kier molecular flexibility index (Phi) is 4.70. The van der Waals surface area contributed by atoms with E-state index in [0.29, 0.717) is 5.65 Å². The van der Waals surface area contributed by atoms with Crippen LogP contribution in [0.5, 0.6) is 0 Å². The normalized spacial score (nSPS) is 14.4. The van der Waals surface area contributed by atoms with Gasteiger partial charge in [0.2, 0.25) is 5.95 Å².